The zero-order chi connectivity index (χ0) is 12.4. The van der Waals surface area contributed by atoms with Crippen molar-refractivity contribution in [2.75, 3.05) is 5.32 Å². The van der Waals surface area contributed by atoms with Crippen LogP contribution >= 0.6 is 15.9 Å². The standard InChI is InChI=1S/C13H16BrF2N/c1-8(5-9-3-2-4-9)17-13-11(15)6-10(14)7-12(13)16/h6-9,17H,2-5H2,1H3. The Bertz CT molecular complexity index is 381. The second-order valence-electron chi connectivity index (χ2n) is 4.82. The summed E-state index contributed by atoms with van der Waals surface area (Å²) in [4.78, 5) is 0. The van der Waals surface area contributed by atoms with Gasteiger partial charge in [-0.2, -0.15) is 0 Å². The van der Waals surface area contributed by atoms with Gasteiger partial charge < -0.3 is 5.32 Å². The van der Waals surface area contributed by atoms with Gasteiger partial charge in [0.2, 0.25) is 0 Å². The van der Waals surface area contributed by atoms with Gasteiger partial charge in [-0.3, -0.25) is 0 Å². The highest BCUT2D eigenvalue weighted by Gasteiger charge is 2.21. The average molecular weight is 304 g/mol. The number of hydrogen-bond donors (Lipinski definition) is 1. The summed E-state index contributed by atoms with van der Waals surface area (Å²) in [5.41, 5.74) is -0.0139. The molecule has 1 N–H and O–H groups in total. The SMILES string of the molecule is CC(CC1CCC1)Nc1c(F)cc(Br)cc1F. The normalized spacial score (nSPS) is 17.6. The van der Waals surface area contributed by atoms with E-state index in [1.807, 2.05) is 6.92 Å². The van der Waals surface area contributed by atoms with Crippen molar-refractivity contribution >= 4 is 21.6 Å². The molecular formula is C13H16BrF2N. The minimum absolute atomic E-state index is 0.0139. The smallest absolute Gasteiger partial charge is 0.150 e. The van der Waals surface area contributed by atoms with Gasteiger partial charge in [-0.05, 0) is 31.4 Å². The van der Waals surface area contributed by atoms with Crippen LogP contribution in [0.3, 0.4) is 0 Å². The monoisotopic (exact) mass is 303 g/mol. The fourth-order valence-corrected chi connectivity index (χ4v) is 2.62. The second-order valence-corrected chi connectivity index (χ2v) is 5.74. The summed E-state index contributed by atoms with van der Waals surface area (Å²) in [6.07, 6.45) is 4.77. The molecule has 0 aliphatic heterocycles. The molecule has 0 radical (unpaired) electrons. The lowest BCUT2D eigenvalue weighted by Crippen LogP contribution is -2.24. The van der Waals surface area contributed by atoms with Crippen molar-refractivity contribution in [3.8, 4) is 0 Å². The molecule has 0 spiro atoms. The van der Waals surface area contributed by atoms with Crippen LogP contribution in [0.5, 0.6) is 0 Å². The first-order chi connectivity index (χ1) is 8.06. The topological polar surface area (TPSA) is 12.0 Å². The van der Waals surface area contributed by atoms with Crippen LogP contribution in [0.2, 0.25) is 0 Å². The quantitative estimate of drug-likeness (QED) is 0.849. The first-order valence-corrected chi connectivity index (χ1v) is 6.76. The Morgan fingerprint density at radius 1 is 1.35 bits per heavy atom. The third kappa shape index (κ3) is 3.18. The Kier molecular flexibility index (Phi) is 4.02. The van der Waals surface area contributed by atoms with E-state index in [0.29, 0.717) is 4.47 Å². The maximum absolute atomic E-state index is 13.6. The molecule has 0 bridgehead atoms. The molecule has 1 unspecified atom stereocenters. The lowest BCUT2D eigenvalue weighted by atomic mass is 9.81. The summed E-state index contributed by atoms with van der Waals surface area (Å²) in [5, 5.41) is 2.93. The highest BCUT2D eigenvalue weighted by molar-refractivity contribution is 9.10. The minimum atomic E-state index is -0.544. The molecule has 0 aromatic heterocycles. The Labute approximate surface area is 109 Å². The molecule has 1 aromatic rings. The van der Waals surface area contributed by atoms with Crippen molar-refractivity contribution in [2.45, 2.75) is 38.6 Å². The number of hydrogen-bond acceptors (Lipinski definition) is 1. The number of halogens is 3. The molecule has 0 saturated heterocycles. The van der Waals surface area contributed by atoms with E-state index in [0.717, 1.165) is 12.3 Å². The fraction of sp³-hybridized carbons (Fsp3) is 0.538. The Morgan fingerprint density at radius 2 is 1.94 bits per heavy atom. The molecule has 2 rings (SSSR count). The van der Waals surface area contributed by atoms with Gasteiger partial charge in [-0.15, -0.1) is 0 Å². The summed E-state index contributed by atoms with van der Waals surface area (Å²) in [6, 6.07) is 2.66. The molecule has 1 nitrogen and oxygen atoms in total. The molecular weight excluding hydrogens is 288 g/mol. The predicted molar refractivity (Wildman–Crippen MR) is 69.1 cm³/mol. The molecule has 1 atom stereocenters. The van der Waals surface area contributed by atoms with Crippen LogP contribution in [0.1, 0.15) is 32.6 Å². The van der Waals surface area contributed by atoms with Crippen LogP contribution in [-0.4, -0.2) is 6.04 Å². The minimum Gasteiger partial charge on any atom is -0.378 e. The van der Waals surface area contributed by atoms with E-state index in [1.165, 1.54) is 31.4 Å². The number of benzene rings is 1. The largest absolute Gasteiger partial charge is 0.378 e. The van der Waals surface area contributed by atoms with E-state index in [1.54, 1.807) is 0 Å². The van der Waals surface area contributed by atoms with Crippen molar-refractivity contribution < 1.29 is 8.78 Å². The molecule has 17 heavy (non-hydrogen) atoms. The molecule has 0 amide bonds. The van der Waals surface area contributed by atoms with Crippen LogP contribution in [0.4, 0.5) is 14.5 Å². The first kappa shape index (κ1) is 12.8. The van der Waals surface area contributed by atoms with Gasteiger partial charge in [-0.25, -0.2) is 8.78 Å². The van der Waals surface area contributed by atoms with Gasteiger partial charge in [0.15, 0.2) is 0 Å². The highest BCUT2D eigenvalue weighted by atomic mass is 79.9. The third-order valence-corrected chi connectivity index (χ3v) is 3.77. The molecule has 1 aliphatic rings. The molecule has 94 valence electrons. The van der Waals surface area contributed by atoms with Crippen LogP contribution < -0.4 is 5.32 Å². The van der Waals surface area contributed by atoms with Gasteiger partial charge in [0, 0.05) is 10.5 Å². The molecule has 1 aromatic carbocycles. The second kappa shape index (κ2) is 5.34. The highest BCUT2D eigenvalue weighted by Crippen LogP contribution is 2.32. The van der Waals surface area contributed by atoms with Gasteiger partial charge in [0.25, 0.3) is 0 Å². The molecule has 0 heterocycles. The van der Waals surface area contributed by atoms with E-state index in [2.05, 4.69) is 21.2 Å². The number of nitrogens with one attached hydrogen (secondary N) is 1. The molecule has 1 saturated carbocycles. The predicted octanol–water partition coefficient (Wildman–Crippen LogP) is 4.72. The fourth-order valence-electron chi connectivity index (χ4n) is 2.21. The maximum atomic E-state index is 13.6. The van der Waals surface area contributed by atoms with Crippen molar-refractivity contribution in [2.24, 2.45) is 5.92 Å². The molecule has 4 heteroatoms. The lowest BCUT2D eigenvalue weighted by Gasteiger charge is -2.29. The summed E-state index contributed by atoms with van der Waals surface area (Å²) in [5.74, 6) is -0.367. The van der Waals surface area contributed by atoms with Crippen LogP contribution in [-0.2, 0) is 0 Å². The lowest BCUT2D eigenvalue weighted by molar-refractivity contribution is 0.285. The Morgan fingerprint density at radius 3 is 2.41 bits per heavy atom. The van der Waals surface area contributed by atoms with Crippen molar-refractivity contribution in [3.05, 3.63) is 28.2 Å². The zero-order valence-corrected chi connectivity index (χ0v) is 11.4. The van der Waals surface area contributed by atoms with Crippen LogP contribution in [0, 0.1) is 17.6 Å². The molecule has 1 fully saturated rings. The Hall–Kier alpha value is -0.640. The van der Waals surface area contributed by atoms with Crippen molar-refractivity contribution in [1.82, 2.24) is 0 Å². The molecule has 1 aliphatic carbocycles. The van der Waals surface area contributed by atoms with Crippen LogP contribution in [0.15, 0.2) is 16.6 Å². The van der Waals surface area contributed by atoms with E-state index in [9.17, 15) is 8.78 Å². The van der Waals surface area contributed by atoms with Gasteiger partial charge in [0.05, 0.1) is 0 Å². The van der Waals surface area contributed by atoms with E-state index < -0.39 is 11.6 Å². The van der Waals surface area contributed by atoms with E-state index in [-0.39, 0.29) is 11.7 Å². The van der Waals surface area contributed by atoms with E-state index in [4.69, 9.17) is 0 Å². The maximum Gasteiger partial charge on any atom is 0.150 e. The Balaban J connectivity index is 2.01. The van der Waals surface area contributed by atoms with E-state index >= 15 is 0 Å². The number of anilines is 1. The van der Waals surface area contributed by atoms with Crippen LogP contribution in [0.25, 0.3) is 0 Å². The van der Waals surface area contributed by atoms with Crippen molar-refractivity contribution in [3.63, 3.8) is 0 Å². The van der Waals surface area contributed by atoms with Gasteiger partial charge in [0.1, 0.15) is 17.3 Å². The third-order valence-electron chi connectivity index (χ3n) is 3.31. The van der Waals surface area contributed by atoms with Gasteiger partial charge >= 0.3 is 0 Å². The number of rotatable bonds is 4. The first-order valence-electron chi connectivity index (χ1n) is 5.97. The summed E-state index contributed by atoms with van der Waals surface area (Å²) in [7, 11) is 0. The summed E-state index contributed by atoms with van der Waals surface area (Å²) >= 11 is 3.07. The zero-order valence-electron chi connectivity index (χ0n) is 9.77. The summed E-state index contributed by atoms with van der Waals surface area (Å²) in [6.45, 7) is 1.97. The average Bonchev–Trinajstić information content (AvgIpc) is 2.17. The summed E-state index contributed by atoms with van der Waals surface area (Å²) < 4.78 is 27.6. The van der Waals surface area contributed by atoms with Crippen molar-refractivity contribution in [1.29, 1.82) is 0 Å². The van der Waals surface area contributed by atoms with Gasteiger partial charge in [-0.1, -0.05) is 35.2 Å².